The molecule has 0 aromatic heterocycles. The molecule has 0 aromatic rings. The Bertz CT molecular complexity index is 821. The standard InChI is InChI=1S/C30H48O2/c1-20(2)8-7-9-21(18-31)22-12-14-28(6)24-11-10-23-26(3,4)25(32)13-15-29(23)19-30(24,29)17-16-27(22,28)5/h7-9,21-25,31-32H,10-19H2,1-6H3/b9-7+/t21-,22+,23-,24-,25-,27+,28-,29+,30-/m0/s1. The summed E-state index contributed by atoms with van der Waals surface area (Å²) in [5.41, 5.74) is 3.17. The second kappa shape index (κ2) is 7.20. The van der Waals surface area contributed by atoms with E-state index in [2.05, 4.69) is 59.8 Å². The van der Waals surface area contributed by atoms with E-state index in [1.165, 1.54) is 56.9 Å². The summed E-state index contributed by atoms with van der Waals surface area (Å²) in [6, 6.07) is 0. The Labute approximate surface area is 197 Å². The van der Waals surface area contributed by atoms with Crippen molar-refractivity contribution in [1.82, 2.24) is 0 Å². The molecule has 5 fully saturated rings. The van der Waals surface area contributed by atoms with Crippen LogP contribution in [-0.2, 0) is 0 Å². The Balaban J connectivity index is 1.45. The van der Waals surface area contributed by atoms with Crippen molar-refractivity contribution in [3.63, 3.8) is 0 Å². The Kier molecular flexibility index (Phi) is 5.21. The molecule has 32 heavy (non-hydrogen) atoms. The maximum atomic E-state index is 10.8. The minimum atomic E-state index is -0.120. The van der Waals surface area contributed by atoms with Crippen LogP contribution in [-0.4, -0.2) is 22.9 Å². The van der Waals surface area contributed by atoms with Crippen molar-refractivity contribution in [2.75, 3.05) is 6.61 Å². The fourth-order valence-electron chi connectivity index (χ4n) is 10.8. The smallest absolute Gasteiger partial charge is 0.0594 e. The van der Waals surface area contributed by atoms with Gasteiger partial charge >= 0.3 is 0 Å². The first kappa shape index (κ1) is 23.2. The van der Waals surface area contributed by atoms with Gasteiger partial charge in [-0.25, -0.2) is 0 Å². The number of fused-ring (bicyclic) bond motifs is 2. The molecule has 0 aromatic carbocycles. The quantitative estimate of drug-likeness (QED) is 0.466. The van der Waals surface area contributed by atoms with Gasteiger partial charge in [-0.15, -0.1) is 0 Å². The Morgan fingerprint density at radius 2 is 1.56 bits per heavy atom. The van der Waals surface area contributed by atoms with E-state index in [-0.39, 0.29) is 24.0 Å². The third-order valence-electron chi connectivity index (χ3n) is 12.7. The highest BCUT2D eigenvalue weighted by Gasteiger charge is 2.82. The fraction of sp³-hybridized carbons (Fsp3) is 0.867. The van der Waals surface area contributed by atoms with E-state index in [0.29, 0.717) is 33.5 Å². The normalized spacial score (nSPS) is 51.9. The van der Waals surface area contributed by atoms with Crippen LogP contribution in [0.25, 0.3) is 0 Å². The lowest BCUT2D eigenvalue weighted by atomic mass is 9.42. The lowest BCUT2D eigenvalue weighted by Crippen LogP contribution is -2.57. The van der Waals surface area contributed by atoms with Crippen molar-refractivity contribution < 1.29 is 10.2 Å². The van der Waals surface area contributed by atoms with Crippen LogP contribution in [0.3, 0.4) is 0 Å². The lowest BCUT2D eigenvalue weighted by molar-refractivity contribution is -0.161. The minimum Gasteiger partial charge on any atom is -0.396 e. The van der Waals surface area contributed by atoms with Gasteiger partial charge in [0.25, 0.3) is 0 Å². The average Bonchev–Trinajstić information content (AvgIpc) is 3.32. The van der Waals surface area contributed by atoms with Gasteiger partial charge in [0.15, 0.2) is 0 Å². The zero-order valence-electron chi connectivity index (χ0n) is 21.6. The van der Waals surface area contributed by atoms with Crippen LogP contribution >= 0.6 is 0 Å². The molecule has 2 heteroatoms. The predicted molar refractivity (Wildman–Crippen MR) is 132 cm³/mol. The third kappa shape index (κ3) is 2.72. The first-order valence-corrected chi connectivity index (χ1v) is 13.6. The molecule has 5 aliphatic rings. The van der Waals surface area contributed by atoms with Crippen molar-refractivity contribution in [1.29, 1.82) is 0 Å². The van der Waals surface area contributed by atoms with E-state index in [4.69, 9.17) is 0 Å². The Hall–Kier alpha value is -0.600. The largest absolute Gasteiger partial charge is 0.396 e. The number of hydrogen-bond acceptors (Lipinski definition) is 2. The molecule has 5 aliphatic carbocycles. The summed E-state index contributed by atoms with van der Waals surface area (Å²) in [6.45, 7) is 14.5. The van der Waals surface area contributed by atoms with E-state index >= 15 is 0 Å². The van der Waals surface area contributed by atoms with Crippen LogP contribution in [0.15, 0.2) is 23.8 Å². The number of hydrogen-bond donors (Lipinski definition) is 2. The molecule has 2 N–H and O–H groups in total. The fourth-order valence-corrected chi connectivity index (χ4v) is 10.8. The first-order chi connectivity index (χ1) is 15.0. The topological polar surface area (TPSA) is 40.5 Å². The second-order valence-electron chi connectivity index (χ2n) is 14.0. The number of aliphatic hydroxyl groups excluding tert-OH is 2. The van der Waals surface area contributed by atoms with Crippen molar-refractivity contribution in [2.45, 2.75) is 105 Å². The van der Waals surface area contributed by atoms with Crippen molar-refractivity contribution in [3.8, 4) is 0 Å². The molecule has 5 saturated carbocycles. The molecule has 0 saturated heterocycles. The van der Waals surface area contributed by atoms with Gasteiger partial charge < -0.3 is 10.2 Å². The summed E-state index contributed by atoms with van der Waals surface area (Å²) in [6.07, 6.45) is 18.3. The highest BCUT2D eigenvalue weighted by Crippen LogP contribution is 2.89. The molecule has 0 radical (unpaired) electrons. The van der Waals surface area contributed by atoms with Crippen LogP contribution in [0.2, 0.25) is 0 Å². The highest BCUT2D eigenvalue weighted by atomic mass is 16.3. The molecule has 2 spiro atoms. The van der Waals surface area contributed by atoms with Gasteiger partial charge in [0, 0.05) is 12.5 Å². The van der Waals surface area contributed by atoms with Crippen molar-refractivity contribution >= 4 is 0 Å². The average molecular weight is 441 g/mol. The van der Waals surface area contributed by atoms with Crippen LogP contribution < -0.4 is 0 Å². The number of aliphatic hydroxyl groups is 2. The maximum Gasteiger partial charge on any atom is 0.0594 e. The maximum absolute atomic E-state index is 10.8. The molecule has 0 bridgehead atoms. The van der Waals surface area contributed by atoms with Gasteiger partial charge in [-0.1, -0.05) is 51.5 Å². The number of allylic oxidation sites excluding steroid dienone is 3. The molecule has 2 nitrogen and oxygen atoms in total. The molecule has 0 aliphatic heterocycles. The highest BCUT2D eigenvalue weighted by molar-refractivity contribution is 5.31. The summed E-state index contributed by atoms with van der Waals surface area (Å²) < 4.78 is 0. The molecule has 0 unspecified atom stereocenters. The summed E-state index contributed by atoms with van der Waals surface area (Å²) in [5, 5.41) is 21.2. The van der Waals surface area contributed by atoms with Gasteiger partial charge in [0.2, 0.25) is 0 Å². The summed E-state index contributed by atoms with van der Waals surface area (Å²) in [5.74, 6) is 2.41. The Morgan fingerprint density at radius 1 is 0.875 bits per heavy atom. The van der Waals surface area contributed by atoms with E-state index in [1.54, 1.807) is 0 Å². The zero-order chi connectivity index (χ0) is 23.2. The molecule has 0 heterocycles. The minimum absolute atomic E-state index is 0.0737. The summed E-state index contributed by atoms with van der Waals surface area (Å²) in [7, 11) is 0. The van der Waals surface area contributed by atoms with E-state index in [9.17, 15) is 10.2 Å². The second-order valence-corrected chi connectivity index (χ2v) is 14.0. The predicted octanol–water partition coefficient (Wildman–Crippen LogP) is 6.92. The zero-order valence-corrected chi connectivity index (χ0v) is 21.6. The van der Waals surface area contributed by atoms with Crippen LogP contribution in [0.5, 0.6) is 0 Å². The van der Waals surface area contributed by atoms with Gasteiger partial charge in [-0.2, -0.15) is 0 Å². The summed E-state index contributed by atoms with van der Waals surface area (Å²) >= 11 is 0. The van der Waals surface area contributed by atoms with Crippen LogP contribution in [0.4, 0.5) is 0 Å². The van der Waals surface area contributed by atoms with Crippen LogP contribution in [0.1, 0.15) is 99.3 Å². The first-order valence-electron chi connectivity index (χ1n) is 13.6. The van der Waals surface area contributed by atoms with Crippen molar-refractivity contribution in [2.24, 2.45) is 50.7 Å². The molecular weight excluding hydrogens is 392 g/mol. The molecule has 5 rings (SSSR count). The Morgan fingerprint density at radius 3 is 2.25 bits per heavy atom. The van der Waals surface area contributed by atoms with Gasteiger partial charge in [-0.05, 0) is 116 Å². The van der Waals surface area contributed by atoms with Crippen LogP contribution in [0, 0.1) is 50.7 Å². The van der Waals surface area contributed by atoms with Gasteiger partial charge in [-0.3, -0.25) is 0 Å². The van der Waals surface area contributed by atoms with Crippen molar-refractivity contribution in [3.05, 3.63) is 23.8 Å². The molecular formula is C30H48O2. The monoisotopic (exact) mass is 440 g/mol. The van der Waals surface area contributed by atoms with E-state index in [0.717, 1.165) is 12.3 Å². The molecule has 180 valence electrons. The van der Waals surface area contributed by atoms with E-state index in [1.807, 2.05) is 0 Å². The third-order valence-corrected chi connectivity index (χ3v) is 12.7. The van der Waals surface area contributed by atoms with Gasteiger partial charge in [0.05, 0.1) is 6.10 Å². The number of rotatable bonds is 4. The molecule has 0 amide bonds. The van der Waals surface area contributed by atoms with E-state index < -0.39 is 0 Å². The molecule has 9 atom stereocenters. The SMILES string of the molecule is CC(C)=C/C=C/[C@@H](CO)[C@H]1CC[C@@]2(C)[C@@H]3CC[C@H]4C(C)(C)[C@@H](O)CC[C@@]45C[C@@]35CC[C@]12C. The lowest BCUT2D eigenvalue weighted by Gasteiger charge is -2.63. The summed E-state index contributed by atoms with van der Waals surface area (Å²) in [4.78, 5) is 0. The van der Waals surface area contributed by atoms with Gasteiger partial charge in [0.1, 0.15) is 0 Å².